The second kappa shape index (κ2) is 2.16. The van der Waals surface area contributed by atoms with Crippen molar-refractivity contribution in [1.82, 2.24) is 0 Å². The summed E-state index contributed by atoms with van der Waals surface area (Å²) in [5, 5.41) is -1.10. The van der Waals surface area contributed by atoms with Crippen molar-refractivity contribution in [3.63, 3.8) is 0 Å². The van der Waals surface area contributed by atoms with Gasteiger partial charge in [-0.1, -0.05) is 0 Å². The molecule has 1 saturated heterocycles. The molecule has 0 aliphatic carbocycles. The minimum absolute atomic E-state index is 0.745. The van der Waals surface area contributed by atoms with Crippen molar-refractivity contribution in [1.29, 1.82) is 0 Å². The normalized spacial score (nSPS) is 29.6. The molecule has 6 nitrogen and oxygen atoms in total. The summed E-state index contributed by atoms with van der Waals surface area (Å²) >= 11 is 0. The van der Waals surface area contributed by atoms with Crippen molar-refractivity contribution >= 4 is 20.2 Å². The third-order valence-corrected chi connectivity index (χ3v) is 3.96. The second-order valence-corrected chi connectivity index (χ2v) is 5.23. The van der Waals surface area contributed by atoms with Crippen LogP contribution in [0.2, 0.25) is 0 Å². The minimum Gasteiger partial charge on any atom is -0.239 e. The molecule has 0 saturated carbocycles. The number of hydrogen-bond acceptors (Lipinski definition) is 6. The van der Waals surface area contributed by atoms with Crippen LogP contribution in [0.5, 0.6) is 0 Å². The van der Waals surface area contributed by atoms with E-state index >= 15 is 0 Å². The summed E-state index contributed by atoms with van der Waals surface area (Å²) in [6, 6.07) is 0. The molecule has 10 heavy (non-hydrogen) atoms. The summed E-state index contributed by atoms with van der Waals surface area (Å²) in [7, 11) is -7.81. The maximum Gasteiger partial charge on any atom is 0.286 e. The zero-order chi connectivity index (χ0) is 7.83. The molecule has 0 amide bonds. The molecule has 0 bridgehead atoms. The Hall–Kier alpha value is -0.180. The van der Waals surface area contributed by atoms with Gasteiger partial charge in [0.2, 0.25) is 5.08 Å². The molecule has 0 radical (unpaired) electrons. The predicted octanol–water partition coefficient (Wildman–Crippen LogP) is -1.39. The van der Waals surface area contributed by atoms with Crippen molar-refractivity contribution < 1.29 is 25.2 Å². The van der Waals surface area contributed by atoms with Gasteiger partial charge in [-0.25, -0.2) is 8.37 Å². The van der Waals surface area contributed by atoms with Crippen LogP contribution >= 0.6 is 0 Å². The Morgan fingerprint density at radius 1 is 0.900 bits per heavy atom. The Balaban J connectivity index is 2.97. The molecule has 8 heteroatoms. The van der Waals surface area contributed by atoms with E-state index in [0.29, 0.717) is 0 Å². The standard InChI is InChI=1S/C2H4O6S2/c3-9(4)2-10(5,6)8-1-7-9/h1-2H2. The highest BCUT2D eigenvalue weighted by Crippen LogP contribution is 2.08. The highest BCUT2D eigenvalue weighted by molar-refractivity contribution is 8.04. The van der Waals surface area contributed by atoms with Gasteiger partial charge in [0.05, 0.1) is 0 Å². The fraction of sp³-hybridized carbons (Fsp3) is 1.00. The van der Waals surface area contributed by atoms with Crippen molar-refractivity contribution in [2.45, 2.75) is 0 Å². The first kappa shape index (κ1) is 7.92. The minimum atomic E-state index is -3.90. The molecule has 60 valence electrons. The molecule has 0 atom stereocenters. The van der Waals surface area contributed by atoms with E-state index in [4.69, 9.17) is 0 Å². The summed E-state index contributed by atoms with van der Waals surface area (Å²) in [5.74, 6) is 0. The summed E-state index contributed by atoms with van der Waals surface area (Å²) in [5.41, 5.74) is 0. The van der Waals surface area contributed by atoms with Gasteiger partial charge >= 0.3 is 0 Å². The van der Waals surface area contributed by atoms with Gasteiger partial charge in [-0.2, -0.15) is 16.8 Å². The van der Waals surface area contributed by atoms with Gasteiger partial charge in [0.15, 0.2) is 6.79 Å². The smallest absolute Gasteiger partial charge is 0.239 e. The Kier molecular flexibility index (Phi) is 1.71. The van der Waals surface area contributed by atoms with Crippen LogP contribution < -0.4 is 0 Å². The summed E-state index contributed by atoms with van der Waals surface area (Å²) < 4.78 is 49.5. The third-order valence-electron chi connectivity index (χ3n) is 0.744. The average Bonchev–Trinajstić information content (AvgIpc) is 1.56. The predicted molar refractivity (Wildman–Crippen MR) is 29.7 cm³/mol. The number of rotatable bonds is 0. The van der Waals surface area contributed by atoms with Gasteiger partial charge < -0.3 is 0 Å². The lowest BCUT2D eigenvalue weighted by Gasteiger charge is -2.11. The van der Waals surface area contributed by atoms with Crippen LogP contribution in [0, 0.1) is 0 Å². The molecule has 1 aliphatic heterocycles. The van der Waals surface area contributed by atoms with E-state index < -0.39 is 32.1 Å². The zero-order valence-corrected chi connectivity index (χ0v) is 6.31. The van der Waals surface area contributed by atoms with Gasteiger partial charge in [0, 0.05) is 0 Å². The summed E-state index contributed by atoms with van der Waals surface area (Å²) in [6.45, 7) is -0.745. The molecule has 0 aromatic heterocycles. The van der Waals surface area contributed by atoms with E-state index in [0.717, 1.165) is 0 Å². The maximum atomic E-state index is 10.4. The number of hydrogen-bond donors (Lipinski definition) is 0. The molecule has 0 unspecified atom stereocenters. The Labute approximate surface area is 58.0 Å². The second-order valence-electron chi connectivity index (χ2n) is 1.59. The fourth-order valence-electron chi connectivity index (χ4n) is 0.411. The van der Waals surface area contributed by atoms with Gasteiger partial charge in [0.1, 0.15) is 0 Å². The Morgan fingerprint density at radius 3 is 1.50 bits per heavy atom. The Morgan fingerprint density at radius 2 is 1.30 bits per heavy atom. The van der Waals surface area contributed by atoms with Crippen LogP contribution in [0.25, 0.3) is 0 Å². The molecule has 1 rings (SSSR count). The first-order valence-electron chi connectivity index (χ1n) is 2.15. The van der Waals surface area contributed by atoms with Crippen molar-refractivity contribution in [3.05, 3.63) is 0 Å². The van der Waals surface area contributed by atoms with E-state index in [9.17, 15) is 16.8 Å². The monoisotopic (exact) mass is 188 g/mol. The van der Waals surface area contributed by atoms with Crippen molar-refractivity contribution in [2.75, 3.05) is 11.9 Å². The van der Waals surface area contributed by atoms with Crippen LogP contribution in [0.4, 0.5) is 0 Å². The van der Waals surface area contributed by atoms with Crippen LogP contribution in [0.1, 0.15) is 0 Å². The van der Waals surface area contributed by atoms with Gasteiger partial charge in [-0.3, -0.25) is 0 Å². The van der Waals surface area contributed by atoms with E-state index in [1.807, 2.05) is 0 Å². The van der Waals surface area contributed by atoms with Crippen LogP contribution in [0.15, 0.2) is 0 Å². The van der Waals surface area contributed by atoms with Gasteiger partial charge in [-0.15, -0.1) is 0 Å². The quantitative estimate of drug-likeness (QED) is 0.435. The SMILES string of the molecule is O=S1(=O)CS(=O)(=O)OCO1. The van der Waals surface area contributed by atoms with Crippen LogP contribution in [0.3, 0.4) is 0 Å². The van der Waals surface area contributed by atoms with Gasteiger partial charge in [-0.05, 0) is 0 Å². The van der Waals surface area contributed by atoms with E-state index in [2.05, 4.69) is 8.37 Å². The average molecular weight is 188 g/mol. The third kappa shape index (κ3) is 1.90. The van der Waals surface area contributed by atoms with E-state index in [1.54, 1.807) is 0 Å². The first-order chi connectivity index (χ1) is 4.41. The summed E-state index contributed by atoms with van der Waals surface area (Å²) in [6.07, 6.45) is 0. The lowest BCUT2D eigenvalue weighted by Crippen LogP contribution is -2.28. The van der Waals surface area contributed by atoms with Crippen LogP contribution in [-0.2, 0) is 28.6 Å². The zero-order valence-electron chi connectivity index (χ0n) is 4.68. The molecular weight excluding hydrogens is 184 g/mol. The van der Waals surface area contributed by atoms with E-state index in [1.165, 1.54) is 0 Å². The molecule has 0 spiro atoms. The molecule has 1 heterocycles. The lowest BCUT2D eigenvalue weighted by atomic mass is 11.6. The molecule has 1 fully saturated rings. The Bertz CT molecular complexity index is 276. The lowest BCUT2D eigenvalue weighted by molar-refractivity contribution is 0.124. The van der Waals surface area contributed by atoms with Crippen molar-refractivity contribution in [2.24, 2.45) is 0 Å². The first-order valence-corrected chi connectivity index (χ1v) is 5.31. The molecule has 0 aromatic carbocycles. The highest BCUT2D eigenvalue weighted by Gasteiger charge is 2.29. The molecular formula is C2H4O6S2. The largest absolute Gasteiger partial charge is 0.286 e. The molecule has 0 aromatic rings. The van der Waals surface area contributed by atoms with Crippen LogP contribution in [-0.4, -0.2) is 28.7 Å². The maximum absolute atomic E-state index is 10.4. The fourth-order valence-corrected chi connectivity index (χ4v) is 2.82. The van der Waals surface area contributed by atoms with Crippen molar-refractivity contribution in [3.8, 4) is 0 Å². The molecule has 0 N–H and O–H groups in total. The highest BCUT2D eigenvalue weighted by atomic mass is 32.3. The summed E-state index contributed by atoms with van der Waals surface area (Å²) in [4.78, 5) is 0. The topological polar surface area (TPSA) is 86.7 Å². The van der Waals surface area contributed by atoms with Gasteiger partial charge in [0.25, 0.3) is 20.2 Å². The molecule has 1 aliphatic rings. The van der Waals surface area contributed by atoms with E-state index in [-0.39, 0.29) is 0 Å².